The van der Waals surface area contributed by atoms with Crippen LogP contribution in [0, 0.1) is 0 Å². The van der Waals surface area contributed by atoms with E-state index in [1.807, 2.05) is 0 Å². The summed E-state index contributed by atoms with van der Waals surface area (Å²) in [6.45, 7) is 4.82. The van der Waals surface area contributed by atoms with Crippen molar-refractivity contribution in [2.75, 3.05) is 65.7 Å². The summed E-state index contributed by atoms with van der Waals surface area (Å²) in [4.78, 5) is 24.9. The maximum atomic E-state index is 10.6. The van der Waals surface area contributed by atoms with Crippen molar-refractivity contribution in [3.63, 3.8) is 0 Å². The van der Waals surface area contributed by atoms with E-state index in [0.29, 0.717) is 19.8 Å². The molecule has 1 aliphatic heterocycles. The molecule has 0 radical (unpaired) electrons. The number of nitrogens with zero attached hydrogens (tertiary/aromatic N) is 2. The lowest BCUT2D eigenvalue weighted by atomic mass is 10.4. The van der Waals surface area contributed by atoms with E-state index < -0.39 is 11.9 Å². The fourth-order valence-corrected chi connectivity index (χ4v) is 2.31. The molecule has 1 rings (SSSR count). The van der Waals surface area contributed by atoms with E-state index in [2.05, 4.69) is 4.90 Å². The average molecular weight is 318 g/mol. The van der Waals surface area contributed by atoms with E-state index in [9.17, 15) is 9.59 Å². The Labute approximate surface area is 130 Å². The second-order valence-electron chi connectivity index (χ2n) is 5.27. The number of carboxylic acids is 2. The third-order valence-electron chi connectivity index (χ3n) is 3.39. The van der Waals surface area contributed by atoms with E-state index in [1.165, 1.54) is 17.7 Å². The van der Waals surface area contributed by atoms with Gasteiger partial charge in [-0.1, -0.05) is 0 Å². The Balaban J connectivity index is 1.95. The van der Waals surface area contributed by atoms with Crippen molar-refractivity contribution in [3.05, 3.63) is 0 Å². The molecule has 8 nitrogen and oxygen atoms in total. The largest absolute Gasteiger partial charge is 0.480 e. The monoisotopic (exact) mass is 318 g/mol. The molecule has 0 aromatic rings. The van der Waals surface area contributed by atoms with Crippen molar-refractivity contribution in [2.45, 2.75) is 12.8 Å². The second-order valence-corrected chi connectivity index (χ2v) is 5.27. The highest BCUT2D eigenvalue weighted by atomic mass is 16.5. The van der Waals surface area contributed by atoms with Crippen LogP contribution in [0.25, 0.3) is 0 Å². The highest BCUT2D eigenvalue weighted by molar-refractivity contribution is 5.72. The van der Waals surface area contributed by atoms with Gasteiger partial charge >= 0.3 is 11.9 Å². The van der Waals surface area contributed by atoms with Crippen LogP contribution in [0.1, 0.15) is 12.8 Å². The molecule has 1 saturated heterocycles. The van der Waals surface area contributed by atoms with Gasteiger partial charge in [0.05, 0.1) is 39.5 Å². The highest BCUT2D eigenvalue weighted by Crippen LogP contribution is 2.05. The predicted molar refractivity (Wildman–Crippen MR) is 79.0 cm³/mol. The fraction of sp³-hybridized carbons (Fsp3) is 0.857. The zero-order valence-corrected chi connectivity index (χ0v) is 12.9. The first-order valence-corrected chi connectivity index (χ1v) is 7.61. The molecule has 0 saturated carbocycles. The predicted octanol–water partition coefficient (Wildman–Crippen LogP) is -0.413. The van der Waals surface area contributed by atoms with Crippen molar-refractivity contribution >= 4 is 11.9 Å². The van der Waals surface area contributed by atoms with Gasteiger partial charge in [0.2, 0.25) is 0 Å². The van der Waals surface area contributed by atoms with Gasteiger partial charge in [0.25, 0.3) is 0 Å². The van der Waals surface area contributed by atoms with Crippen molar-refractivity contribution in [1.29, 1.82) is 0 Å². The van der Waals surface area contributed by atoms with Crippen molar-refractivity contribution in [2.24, 2.45) is 0 Å². The number of hydrogen-bond donors (Lipinski definition) is 2. The molecule has 2 N–H and O–H groups in total. The number of carbonyl (C=O) groups is 2. The first-order valence-electron chi connectivity index (χ1n) is 7.61. The van der Waals surface area contributed by atoms with Gasteiger partial charge in [0.15, 0.2) is 0 Å². The van der Waals surface area contributed by atoms with Gasteiger partial charge < -0.3 is 24.6 Å². The molecule has 128 valence electrons. The lowest BCUT2D eigenvalue weighted by Gasteiger charge is -2.17. The molecule has 1 fully saturated rings. The summed E-state index contributed by atoms with van der Waals surface area (Å²) in [6.07, 6.45) is 2.54. The molecule has 0 aromatic heterocycles. The minimum Gasteiger partial charge on any atom is -0.480 e. The van der Waals surface area contributed by atoms with E-state index in [0.717, 1.165) is 19.6 Å². The lowest BCUT2D eigenvalue weighted by Crippen LogP contribution is -2.37. The van der Waals surface area contributed by atoms with Gasteiger partial charge in [-0.2, -0.15) is 0 Å². The summed E-state index contributed by atoms with van der Waals surface area (Å²) in [5.74, 6) is -2.10. The van der Waals surface area contributed by atoms with Gasteiger partial charge in [0.1, 0.15) is 0 Å². The smallest absolute Gasteiger partial charge is 0.317 e. The summed E-state index contributed by atoms with van der Waals surface area (Å²) in [5, 5.41) is 17.4. The maximum Gasteiger partial charge on any atom is 0.317 e. The Morgan fingerprint density at radius 2 is 1.45 bits per heavy atom. The molecule has 1 heterocycles. The number of ether oxygens (including phenoxy) is 2. The molecule has 0 aromatic carbocycles. The SMILES string of the molecule is O=C(O)CN(CCOCCOCCN1CCCC1)CC(=O)O. The normalized spacial score (nSPS) is 15.5. The van der Waals surface area contributed by atoms with Gasteiger partial charge in [0, 0.05) is 13.1 Å². The number of likely N-dealkylation sites (tertiary alicyclic amines) is 1. The van der Waals surface area contributed by atoms with Gasteiger partial charge in [-0.25, -0.2) is 0 Å². The zero-order chi connectivity index (χ0) is 16.2. The molecule has 1 aliphatic rings. The first kappa shape index (κ1) is 18.8. The molecule has 22 heavy (non-hydrogen) atoms. The summed E-state index contributed by atoms with van der Waals surface area (Å²) < 4.78 is 10.8. The Morgan fingerprint density at radius 1 is 0.909 bits per heavy atom. The minimum atomic E-state index is -1.05. The van der Waals surface area contributed by atoms with Crippen LogP contribution >= 0.6 is 0 Å². The molecule has 8 heteroatoms. The van der Waals surface area contributed by atoms with Crippen LogP contribution in [0.3, 0.4) is 0 Å². The van der Waals surface area contributed by atoms with E-state index in [-0.39, 0.29) is 26.2 Å². The van der Waals surface area contributed by atoms with Gasteiger partial charge in [-0.05, 0) is 25.9 Å². The van der Waals surface area contributed by atoms with Crippen molar-refractivity contribution in [3.8, 4) is 0 Å². The van der Waals surface area contributed by atoms with Crippen LogP contribution < -0.4 is 0 Å². The minimum absolute atomic E-state index is 0.270. The van der Waals surface area contributed by atoms with Crippen LogP contribution in [-0.2, 0) is 19.1 Å². The number of rotatable bonds is 13. The fourth-order valence-electron chi connectivity index (χ4n) is 2.31. The maximum absolute atomic E-state index is 10.6. The zero-order valence-electron chi connectivity index (χ0n) is 12.9. The second kappa shape index (κ2) is 11.4. The van der Waals surface area contributed by atoms with Gasteiger partial charge in [-0.15, -0.1) is 0 Å². The lowest BCUT2D eigenvalue weighted by molar-refractivity contribution is -0.142. The van der Waals surface area contributed by atoms with Crippen LogP contribution in [0.5, 0.6) is 0 Å². The molecule has 0 unspecified atom stereocenters. The van der Waals surface area contributed by atoms with Crippen LogP contribution in [-0.4, -0.2) is 97.6 Å². The Kier molecular flexibility index (Phi) is 9.72. The topological polar surface area (TPSA) is 99.5 Å². The van der Waals surface area contributed by atoms with E-state index >= 15 is 0 Å². The molecular formula is C14H26N2O6. The molecule has 0 atom stereocenters. The van der Waals surface area contributed by atoms with Crippen molar-refractivity contribution in [1.82, 2.24) is 9.80 Å². The number of carboxylic acid groups (broad SMARTS) is 2. The van der Waals surface area contributed by atoms with Crippen LogP contribution in [0.4, 0.5) is 0 Å². The molecule has 0 aliphatic carbocycles. The Morgan fingerprint density at radius 3 is 2.00 bits per heavy atom. The molecular weight excluding hydrogens is 292 g/mol. The van der Waals surface area contributed by atoms with Crippen molar-refractivity contribution < 1.29 is 29.3 Å². The molecule has 0 spiro atoms. The quantitative estimate of drug-likeness (QED) is 0.442. The third-order valence-corrected chi connectivity index (χ3v) is 3.39. The van der Waals surface area contributed by atoms with E-state index in [1.54, 1.807) is 0 Å². The third kappa shape index (κ3) is 9.67. The van der Waals surface area contributed by atoms with Crippen LogP contribution in [0.2, 0.25) is 0 Å². The summed E-state index contributed by atoms with van der Waals surface area (Å²) in [5.41, 5.74) is 0. The summed E-state index contributed by atoms with van der Waals surface area (Å²) >= 11 is 0. The molecule has 0 bridgehead atoms. The average Bonchev–Trinajstić information content (AvgIpc) is 2.93. The summed E-state index contributed by atoms with van der Waals surface area (Å²) in [7, 11) is 0. The van der Waals surface area contributed by atoms with E-state index in [4.69, 9.17) is 19.7 Å². The standard InChI is InChI=1S/C14H26N2O6/c17-13(18)11-16(12-14(19)20)6-8-22-10-9-21-7-5-15-3-1-2-4-15/h1-12H2,(H,17,18)(H,19,20). The van der Waals surface area contributed by atoms with Crippen LogP contribution in [0.15, 0.2) is 0 Å². The Hall–Kier alpha value is -1.22. The summed E-state index contributed by atoms with van der Waals surface area (Å²) in [6, 6.07) is 0. The highest BCUT2D eigenvalue weighted by Gasteiger charge is 2.13. The number of hydrogen-bond acceptors (Lipinski definition) is 6. The Bertz CT molecular complexity index is 317. The first-order chi connectivity index (χ1) is 10.6. The molecule has 0 amide bonds. The number of aliphatic carboxylic acids is 2. The van der Waals surface area contributed by atoms with Gasteiger partial charge in [-0.3, -0.25) is 14.5 Å².